The first kappa shape index (κ1) is 14.6. The lowest BCUT2D eigenvalue weighted by molar-refractivity contribution is -0.115. The van der Waals surface area contributed by atoms with Crippen LogP contribution in [-0.2, 0) is 11.4 Å². The summed E-state index contributed by atoms with van der Waals surface area (Å²) in [4.78, 5) is 11.5. The third-order valence-electron chi connectivity index (χ3n) is 2.69. The third-order valence-corrected chi connectivity index (χ3v) is 3.08. The highest BCUT2D eigenvalue weighted by Crippen LogP contribution is 2.18. The minimum Gasteiger partial charge on any atom is -0.489 e. The predicted molar refractivity (Wildman–Crippen MR) is 84.3 cm³/mol. The molecule has 0 saturated carbocycles. The van der Waals surface area contributed by atoms with Crippen molar-refractivity contribution >= 4 is 27.5 Å². The van der Waals surface area contributed by atoms with Gasteiger partial charge in [0.25, 0.3) is 0 Å². The van der Waals surface area contributed by atoms with Gasteiger partial charge < -0.3 is 10.1 Å². The Balaban J connectivity index is 1.94. The van der Waals surface area contributed by atoms with E-state index >= 15 is 0 Å². The fourth-order valence-corrected chi connectivity index (χ4v) is 2.07. The van der Waals surface area contributed by atoms with Gasteiger partial charge in [0.05, 0.1) is 0 Å². The number of benzene rings is 2. The second-order valence-corrected chi connectivity index (χ2v) is 5.08. The van der Waals surface area contributed by atoms with E-state index in [1.165, 1.54) is 0 Å². The van der Waals surface area contributed by atoms with Crippen LogP contribution in [0.15, 0.2) is 54.6 Å². The maximum Gasteiger partial charge on any atom is 0.225 e. The number of halogens is 1. The number of amides is 1. The van der Waals surface area contributed by atoms with Crippen molar-refractivity contribution in [2.24, 2.45) is 0 Å². The van der Waals surface area contributed by atoms with E-state index in [9.17, 15) is 4.79 Å². The van der Waals surface area contributed by atoms with Crippen molar-refractivity contribution in [3.8, 4) is 5.75 Å². The van der Waals surface area contributed by atoms with Crippen molar-refractivity contribution in [2.45, 2.75) is 13.0 Å². The lowest BCUT2D eigenvalue weighted by Gasteiger charge is -2.09. The molecule has 1 N–H and O–H groups in total. The normalized spacial score (nSPS) is 10.1. The fraction of sp³-hybridized carbons (Fsp3) is 0.188. The van der Waals surface area contributed by atoms with E-state index in [4.69, 9.17) is 4.74 Å². The number of ether oxygens (including phenoxy) is 1. The van der Waals surface area contributed by atoms with Gasteiger partial charge in [-0.25, -0.2) is 0 Å². The van der Waals surface area contributed by atoms with Crippen LogP contribution < -0.4 is 10.1 Å². The van der Waals surface area contributed by atoms with Crippen LogP contribution in [0.1, 0.15) is 12.0 Å². The molecular formula is C16H16BrNO2. The van der Waals surface area contributed by atoms with Crippen LogP contribution >= 0.6 is 15.9 Å². The van der Waals surface area contributed by atoms with Crippen LogP contribution in [0.5, 0.6) is 5.75 Å². The van der Waals surface area contributed by atoms with Crippen molar-refractivity contribution < 1.29 is 9.53 Å². The Kier molecular flexibility index (Phi) is 5.62. The topological polar surface area (TPSA) is 38.3 Å². The molecule has 2 rings (SSSR count). The Bertz CT molecular complexity index is 557. The monoisotopic (exact) mass is 333 g/mol. The summed E-state index contributed by atoms with van der Waals surface area (Å²) in [6, 6.07) is 17.4. The minimum atomic E-state index is -0.0120. The first-order valence-electron chi connectivity index (χ1n) is 6.40. The molecule has 0 aliphatic rings. The maximum absolute atomic E-state index is 11.5. The number of rotatable bonds is 6. The standard InChI is InChI=1S/C16H16BrNO2/c17-10-9-16(19)18-14-7-4-8-15(11-14)20-12-13-5-2-1-3-6-13/h1-8,11H,9-10,12H2,(H,18,19). The van der Waals surface area contributed by atoms with Crippen LogP contribution in [-0.4, -0.2) is 11.2 Å². The molecule has 0 atom stereocenters. The van der Waals surface area contributed by atoms with Gasteiger partial charge in [0, 0.05) is 23.5 Å². The van der Waals surface area contributed by atoms with E-state index in [0.717, 1.165) is 17.0 Å². The van der Waals surface area contributed by atoms with Crippen LogP contribution in [0, 0.1) is 0 Å². The summed E-state index contributed by atoms with van der Waals surface area (Å²) < 4.78 is 5.71. The Labute approximate surface area is 127 Å². The zero-order valence-corrected chi connectivity index (χ0v) is 12.6. The van der Waals surface area contributed by atoms with Gasteiger partial charge in [-0.3, -0.25) is 4.79 Å². The maximum atomic E-state index is 11.5. The number of hydrogen-bond donors (Lipinski definition) is 1. The van der Waals surface area contributed by atoms with Crippen LogP contribution in [0.3, 0.4) is 0 Å². The molecule has 2 aromatic carbocycles. The largest absolute Gasteiger partial charge is 0.489 e. The summed E-state index contributed by atoms with van der Waals surface area (Å²) in [6.45, 7) is 0.514. The van der Waals surface area contributed by atoms with Crippen LogP contribution in [0.25, 0.3) is 0 Å². The Hall–Kier alpha value is -1.81. The molecule has 0 unspecified atom stereocenters. The highest BCUT2D eigenvalue weighted by atomic mass is 79.9. The molecule has 104 valence electrons. The van der Waals surface area contributed by atoms with Crippen LogP contribution in [0.2, 0.25) is 0 Å². The summed E-state index contributed by atoms with van der Waals surface area (Å²) >= 11 is 3.24. The molecule has 0 aliphatic heterocycles. The van der Waals surface area contributed by atoms with Crippen LogP contribution in [0.4, 0.5) is 5.69 Å². The van der Waals surface area contributed by atoms with E-state index in [1.54, 1.807) is 0 Å². The van der Waals surface area contributed by atoms with Crippen molar-refractivity contribution in [3.05, 3.63) is 60.2 Å². The van der Waals surface area contributed by atoms with Crippen molar-refractivity contribution in [2.75, 3.05) is 10.6 Å². The molecule has 2 aromatic rings. The molecule has 0 aromatic heterocycles. The third kappa shape index (κ3) is 4.70. The minimum absolute atomic E-state index is 0.0120. The number of carbonyl (C=O) groups is 1. The number of anilines is 1. The lowest BCUT2D eigenvalue weighted by Crippen LogP contribution is -2.11. The molecule has 0 heterocycles. The van der Waals surface area contributed by atoms with E-state index in [-0.39, 0.29) is 5.91 Å². The highest BCUT2D eigenvalue weighted by molar-refractivity contribution is 9.09. The van der Waals surface area contributed by atoms with Gasteiger partial charge in [-0.2, -0.15) is 0 Å². The van der Waals surface area contributed by atoms with E-state index < -0.39 is 0 Å². The quantitative estimate of drug-likeness (QED) is 0.811. The lowest BCUT2D eigenvalue weighted by atomic mass is 10.2. The summed E-state index contributed by atoms with van der Waals surface area (Å²) in [5.41, 5.74) is 1.86. The molecule has 0 saturated heterocycles. The fourth-order valence-electron chi connectivity index (χ4n) is 1.71. The highest BCUT2D eigenvalue weighted by Gasteiger charge is 2.02. The first-order chi connectivity index (χ1) is 9.78. The molecule has 0 radical (unpaired) electrons. The number of carbonyl (C=O) groups excluding carboxylic acids is 1. The van der Waals surface area contributed by atoms with Crippen molar-refractivity contribution in [3.63, 3.8) is 0 Å². The Morgan fingerprint density at radius 2 is 1.90 bits per heavy atom. The van der Waals surface area contributed by atoms with Gasteiger partial charge in [0.1, 0.15) is 12.4 Å². The molecule has 0 aliphatic carbocycles. The summed E-state index contributed by atoms with van der Waals surface area (Å²) in [6.07, 6.45) is 0.453. The zero-order valence-electron chi connectivity index (χ0n) is 11.0. The summed E-state index contributed by atoms with van der Waals surface area (Å²) in [5, 5.41) is 3.49. The number of hydrogen-bond acceptors (Lipinski definition) is 2. The average molecular weight is 334 g/mol. The smallest absolute Gasteiger partial charge is 0.225 e. The van der Waals surface area contributed by atoms with Gasteiger partial charge in [0.15, 0.2) is 0 Å². The van der Waals surface area contributed by atoms with Gasteiger partial charge in [0.2, 0.25) is 5.91 Å². The van der Waals surface area contributed by atoms with Gasteiger partial charge in [-0.05, 0) is 17.7 Å². The Morgan fingerprint density at radius 1 is 1.10 bits per heavy atom. The van der Waals surface area contributed by atoms with E-state index in [2.05, 4.69) is 21.2 Å². The van der Waals surface area contributed by atoms with Gasteiger partial charge >= 0.3 is 0 Å². The van der Waals surface area contributed by atoms with E-state index in [1.807, 2.05) is 54.6 Å². The molecule has 3 nitrogen and oxygen atoms in total. The average Bonchev–Trinajstić information content (AvgIpc) is 2.47. The molecule has 0 spiro atoms. The SMILES string of the molecule is O=C(CCBr)Nc1cccc(OCc2ccccc2)c1. The summed E-state index contributed by atoms with van der Waals surface area (Å²) in [5.74, 6) is 0.729. The molecule has 0 bridgehead atoms. The van der Waals surface area contributed by atoms with Crippen molar-refractivity contribution in [1.29, 1.82) is 0 Å². The second kappa shape index (κ2) is 7.70. The summed E-state index contributed by atoms with van der Waals surface area (Å²) in [7, 11) is 0. The van der Waals surface area contributed by atoms with Gasteiger partial charge in [-0.15, -0.1) is 0 Å². The first-order valence-corrected chi connectivity index (χ1v) is 7.52. The Morgan fingerprint density at radius 3 is 2.65 bits per heavy atom. The van der Waals surface area contributed by atoms with Crippen molar-refractivity contribution in [1.82, 2.24) is 0 Å². The zero-order chi connectivity index (χ0) is 14.2. The predicted octanol–water partition coefficient (Wildman–Crippen LogP) is 3.99. The number of nitrogens with one attached hydrogen (secondary N) is 1. The molecule has 4 heteroatoms. The molecular weight excluding hydrogens is 318 g/mol. The second-order valence-electron chi connectivity index (χ2n) is 4.29. The van der Waals surface area contributed by atoms with Gasteiger partial charge in [-0.1, -0.05) is 52.3 Å². The molecule has 0 fully saturated rings. The van der Waals surface area contributed by atoms with E-state index in [0.29, 0.717) is 18.4 Å². The number of alkyl halides is 1. The molecule has 1 amide bonds. The molecule has 20 heavy (non-hydrogen) atoms.